The van der Waals surface area contributed by atoms with Crippen molar-refractivity contribution in [3.63, 3.8) is 0 Å². The molecule has 1 aliphatic rings. The Morgan fingerprint density at radius 1 is 1.19 bits per heavy atom. The molecule has 154 valence electrons. The highest BCUT2D eigenvalue weighted by Gasteiger charge is 2.18. The van der Waals surface area contributed by atoms with Crippen LogP contribution in [0, 0.1) is 5.92 Å². The second kappa shape index (κ2) is 11.0. The first-order chi connectivity index (χ1) is 12.3. The third-order valence-corrected chi connectivity index (χ3v) is 6.14. The molecule has 1 amide bonds. The zero-order valence-corrected chi connectivity index (χ0v) is 17.8. The van der Waals surface area contributed by atoms with Crippen molar-refractivity contribution in [3.05, 3.63) is 29.3 Å². The molecule has 1 unspecified atom stereocenters. The Morgan fingerprint density at radius 3 is 2.48 bits per heavy atom. The van der Waals surface area contributed by atoms with Gasteiger partial charge in [-0.2, -0.15) is 0 Å². The Hall–Kier alpha value is -1.15. The van der Waals surface area contributed by atoms with Gasteiger partial charge in [0.1, 0.15) is 0 Å². The van der Waals surface area contributed by atoms with Gasteiger partial charge in [0.25, 0.3) is 0 Å². The van der Waals surface area contributed by atoms with Crippen LogP contribution in [0.15, 0.2) is 23.1 Å². The maximum absolute atomic E-state index is 12.5. The van der Waals surface area contributed by atoms with Crippen LogP contribution in [0.25, 0.3) is 0 Å². The second-order valence-corrected chi connectivity index (χ2v) is 9.18. The molecule has 1 aromatic rings. The smallest absolute Gasteiger partial charge is 0.240 e. The number of rotatable bonds is 9. The number of nitrogens with two attached hydrogens (primary N) is 1. The minimum atomic E-state index is -3.60. The van der Waals surface area contributed by atoms with E-state index in [0.29, 0.717) is 12.5 Å². The van der Waals surface area contributed by atoms with Crippen LogP contribution in [0.5, 0.6) is 0 Å². The molecule has 0 radical (unpaired) electrons. The second-order valence-electron chi connectivity index (χ2n) is 7.42. The molecule has 2 rings (SSSR count). The van der Waals surface area contributed by atoms with Crippen LogP contribution < -0.4 is 15.8 Å². The predicted octanol–water partition coefficient (Wildman–Crippen LogP) is 2.15. The van der Waals surface area contributed by atoms with Gasteiger partial charge in [-0.05, 0) is 61.3 Å². The lowest BCUT2D eigenvalue weighted by molar-refractivity contribution is -0.121. The molecule has 27 heavy (non-hydrogen) atoms. The molecule has 0 saturated carbocycles. The van der Waals surface area contributed by atoms with E-state index in [9.17, 15) is 13.2 Å². The van der Waals surface area contributed by atoms with Crippen molar-refractivity contribution in [2.24, 2.45) is 11.7 Å². The quantitative estimate of drug-likeness (QED) is 0.572. The first kappa shape index (κ1) is 23.9. The van der Waals surface area contributed by atoms with E-state index in [2.05, 4.69) is 23.9 Å². The lowest BCUT2D eigenvalue weighted by Gasteiger charge is -2.19. The van der Waals surface area contributed by atoms with E-state index in [1.807, 2.05) is 6.07 Å². The molecule has 0 fully saturated rings. The van der Waals surface area contributed by atoms with E-state index in [1.165, 1.54) is 5.56 Å². The summed E-state index contributed by atoms with van der Waals surface area (Å²) in [6.07, 6.45) is 5.11. The largest absolute Gasteiger partial charge is 0.352 e. The molecule has 1 aliphatic carbocycles. The van der Waals surface area contributed by atoms with Gasteiger partial charge in [0.05, 0.1) is 4.90 Å². The number of hydrogen-bond donors (Lipinski definition) is 3. The van der Waals surface area contributed by atoms with Crippen LogP contribution in [-0.2, 0) is 27.7 Å². The Bertz CT molecular complexity index is 723. The normalized spacial score (nSPS) is 15.0. The lowest BCUT2D eigenvalue weighted by Crippen LogP contribution is -2.42. The van der Waals surface area contributed by atoms with Crippen molar-refractivity contribution in [1.82, 2.24) is 10.0 Å². The fourth-order valence-corrected chi connectivity index (χ4v) is 4.42. The molecular weight excluding hydrogens is 386 g/mol. The number of carbonyl (C=O) groups is 1. The van der Waals surface area contributed by atoms with Crippen molar-refractivity contribution in [3.8, 4) is 0 Å². The summed E-state index contributed by atoms with van der Waals surface area (Å²) >= 11 is 0. The first-order valence-corrected chi connectivity index (χ1v) is 10.9. The predicted molar refractivity (Wildman–Crippen MR) is 111 cm³/mol. The van der Waals surface area contributed by atoms with Gasteiger partial charge >= 0.3 is 0 Å². The summed E-state index contributed by atoms with van der Waals surface area (Å²) in [4.78, 5) is 12.3. The number of aryl methyl sites for hydroxylation is 2. The minimum Gasteiger partial charge on any atom is -0.352 e. The lowest BCUT2D eigenvalue weighted by atomic mass is 9.92. The topological polar surface area (TPSA) is 101 Å². The molecule has 8 heteroatoms. The Balaban J connectivity index is 0.00000364. The van der Waals surface area contributed by atoms with E-state index >= 15 is 0 Å². The van der Waals surface area contributed by atoms with Crippen LogP contribution in [0.1, 0.15) is 50.7 Å². The molecule has 0 bridgehead atoms. The van der Waals surface area contributed by atoms with Gasteiger partial charge in [0.2, 0.25) is 15.9 Å². The molecule has 1 atom stereocenters. The van der Waals surface area contributed by atoms with Crippen molar-refractivity contribution in [2.45, 2.75) is 63.3 Å². The van der Waals surface area contributed by atoms with Crippen molar-refractivity contribution < 1.29 is 13.2 Å². The molecule has 1 aromatic carbocycles. The van der Waals surface area contributed by atoms with Gasteiger partial charge in [0.15, 0.2) is 0 Å². The van der Waals surface area contributed by atoms with E-state index in [1.54, 1.807) is 12.1 Å². The molecule has 0 saturated heterocycles. The summed E-state index contributed by atoms with van der Waals surface area (Å²) in [6.45, 7) is 4.60. The van der Waals surface area contributed by atoms with Gasteiger partial charge in [-0.25, -0.2) is 13.1 Å². The van der Waals surface area contributed by atoms with Gasteiger partial charge in [0, 0.05) is 25.6 Å². The number of benzene rings is 1. The number of hydrogen-bond acceptors (Lipinski definition) is 4. The van der Waals surface area contributed by atoms with Crippen LogP contribution in [0.2, 0.25) is 0 Å². The zero-order valence-electron chi connectivity index (χ0n) is 16.2. The highest BCUT2D eigenvalue weighted by Crippen LogP contribution is 2.24. The third-order valence-electron chi connectivity index (χ3n) is 4.68. The number of halogens is 1. The maximum Gasteiger partial charge on any atom is 0.240 e. The summed E-state index contributed by atoms with van der Waals surface area (Å²) in [5.41, 5.74) is 8.04. The molecule has 6 nitrogen and oxygen atoms in total. The first-order valence-electron chi connectivity index (χ1n) is 9.42. The average Bonchev–Trinajstić information content (AvgIpc) is 2.60. The third kappa shape index (κ3) is 7.41. The molecule has 4 N–H and O–H groups in total. The van der Waals surface area contributed by atoms with Crippen molar-refractivity contribution >= 4 is 28.3 Å². The molecular formula is C19H32ClN3O3S. The Labute approximate surface area is 169 Å². The van der Waals surface area contributed by atoms with Gasteiger partial charge in [-0.1, -0.05) is 19.9 Å². The van der Waals surface area contributed by atoms with E-state index in [0.717, 1.165) is 37.7 Å². The van der Waals surface area contributed by atoms with Crippen LogP contribution in [0.3, 0.4) is 0 Å². The van der Waals surface area contributed by atoms with Crippen molar-refractivity contribution in [2.75, 3.05) is 13.1 Å². The van der Waals surface area contributed by atoms with Gasteiger partial charge in [-0.15, -0.1) is 12.4 Å². The fourth-order valence-electron chi connectivity index (χ4n) is 3.34. The highest BCUT2D eigenvalue weighted by atomic mass is 35.5. The minimum absolute atomic E-state index is 0. The van der Waals surface area contributed by atoms with Crippen LogP contribution in [-0.4, -0.2) is 33.5 Å². The van der Waals surface area contributed by atoms with Gasteiger partial charge < -0.3 is 11.1 Å². The molecule has 0 aliphatic heterocycles. The SMILES string of the molecule is CC(C)CC(CN)NC(=O)CCNS(=O)(=O)c1ccc2c(c1)CCCC2.Cl. The highest BCUT2D eigenvalue weighted by molar-refractivity contribution is 7.89. The standard InChI is InChI=1S/C19H31N3O3S.ClH/c1-14(2)11-17(13-20)22-19(23)9-10-21-26(24,25)18-8-7-15-5-3-4-6-16(15)12-18;/h7-8,12,14,17,21H,3-6,9-11,13,20H2,1-2H3,(H,22,23);1H. The summed E-state index contributed by atoms with van der Waals surface area (Å²) in [6, 6.07) is 5.26. The van der Waals surface area contributed by atoms with Gasteiger partial charge in [-0.3, -0.25) is 4.79 Å². The zero-order chi connectivity index (χ0) is 19.2. The Morgan fingerprint density at radius 2 is 1.85 bits per heavy atom. The summed E-state index contributed by atoms with van der Waals surface area (Å²) in [5, 5.41) is 2.87. The van der Waals surface area contributed by atoms with E-state index in [-0.39, 0.29) is 42.2 Å². The molecule has 0 aromatic heterocycles. The Kier molecular flexibility index (Phi) is 9.73. The van der Waals surface area contributed by atoms with Crippen LogP contribution >= 0.6 is 12.4 Å². The fraction of sp³-hybridized carbons (Fsp3) is 0.632. The number of sulfonamides is 1. The molecule has 0 spiro atoms. The van der Waals surface area contributed by atoms with Crippen molar-refractivity contribution in [1.29, 1.82) is 0 Å². The number of amides is 1. The number of nitrogens with one attached hydrogen (secondary N) is 2. The number of fused-ring (bicyclic) bond motifs is 1. The monoisotopic (exact) mass is 417 g/mol. The summed E-state index contributed by atoms with van der Waals surface area (Å²) < 4.78 is 27.4. The number of carbonyl (C=O) groups excluding carboxylic acids is 1. The maximum atomic E-state index is 12.5. The van der Waals surface area contributed by atoms with E-state index in [4.69, 9.17) is 5.73 Å². The summed E-state index contributed by atoms with van der Waals surface area (Å²) in [7, 11) is -3.60. The average molecular weight is 418 g/mol. The van der Waals surface area contributed by atoms with Crippen LogP contribution in [0.4, 0.5) is 0 Å². The summed E-state index contributed by atoms with van der Waals surface area (Å²) in [5.74, 6) is 0.251. The van der Waals surface area contributed by atoms with E-state index < -0.39 is 10.0 Å². The molecule has 0 heterocycles.